The van der Waals surface area contributed by atoms with Crippen LogP contribution in [0.15, 0.2) is 4.52 Å². The van der Waals surface area contributed by atoms with Gasteiger partial charge >= 0.3 is 0 Å². The maximum atomic E-state index is 11.8. The maximum Gasteiger partial charge on any atom is 0.227 e. The van der Waals surface area contributed by atoms with Gasteiger partial charge in [-0.3, -0.25) is 4.79 Å². The molecule has 2 rings (SSSR count). The third-order valence-corrected chi connectivity index (χ3v) is 3.23. The molecule has 6 nitrogen and oxygen atoms in total. The lowest BCUT2D eigenvalue weighted by atomic mass is 10.1. The van der Waals surface area contributed by atoms with E-state index in [0.29, 0.717) is 24.6 Å². The van der Waals surface area contributed by atoms with Crippen molar-refractivity contribution in [2.45, 2.75) is 51.5 Å². The summed E-state index contributed by atoms with van der Waals surface area (Å²) in [6.07, 6.45) is 3.07. The van der Waals surface area contributed by atoms with Gasteiger partial charge in [-0.1, -0.05) is 19.0 Å². The van der Waals surface area contributed by atoms with E-state index in [0.717, 1.165) is 25.9 Å². The molecule has 0 aromatic carbocycles. The number of carbonyl (C=O) groups is 1. The molecule has 1 atom stereocenters. The van der Waals surface area contributed by atoms with Gasteiger partial charge in [-0.25, -0.2) is 0 Å². The van der Waals surface area contributed by atoms with Gasteiger partial charge in [-0.05, 0) is 19.4 Å². The molecule has 1 aromatic heterocycles. The first-order valence-corrected chi connectivity index (χ1v) is 6.97. The molecular formula is C13H23ClN4O2. The Morgan fingerprint density at radius 2 is 2.35 bits per heavy atom. The van der Waals surface area contributed by atoms with Crippen molar-refractivity contribution in [3.8, 4) is 0 Å². The van der Waals surface area contributed by atoms with E-state index in [4.69, 9.17) is 4.52 Å². The number of nitrogens with zero attached hydrogens (tertiary/aromatic N) is 2. The monoisotopic (exact) mass is 302 g/mol. The molecule has 7 heteroatoms. The first-order chi connectivity index (χ1) is 9.15. The number of carbonyl (C=O) groups excluding carboxylic acids is 1. The first kappa shape index (κ1) is 16.9. The van der Waals surface area contributed by atoms with E-state index in [9.17, 15) is 4.79 Å². The van der Waals surface area contributed by atoms with E-state index in [1.165, 1.54) is 0 Å². The quantitative estimate of drug-likeness (QED) is 0.860. The molecule has 1 unspecified atom stereocenters. The zero-order valence-electron chi connectivity index (χ0n) is 12.0. The second-order valence-electron chi connectivity index (χ2n) is 5.31. The van der Waals surface area contributed by atoms with Crippen LogP contribution in [0.2, 0.25) is 0 Å². The van der Waals surface area contributed by atoms with Gasteiger partial charge in [0.25, 0.3) is 0 Å². The molecule has 0 bridgehead atoms. The minimum absolute atomic E-state index is 0. The molecule has 1 saturated heterocycles. The number of piperidine rings is 1. The third kappa shape index (κ3) is 5.09. The van der Waals surface area contributed by atoms with Crippen molar-refractivity contribution in [2.24, 2.45) is 0 Å². The van der Waals surface area contributed by atoms with E-state index in [-0.39, 0.29) is 30.3 Å². The fraction of sp³-hybridized carbons (Fsp3) is 0.769. The molecule has 0 spiro atoms. The van der Waals surface area contributed by atoms with Crippen molar-refractivity contribution < 1.29 is 9.32 Å². The number of hydrogen-bond donors (Lipinski definition) is 2. The Morgan fingerprint density at radius 1 is 1.55 bits per heavy atom. The molecule has 1 aliphatic heterocycles. The van der Waals surface area contributed by atoms with Crippen molar-refractivity contribution in [1.82, 2.24) is 20.8 Å². The van der Waals surface area contributed by atoms with Crippen LogP contribution in [0.25, 0.3) is 0 Å². The molecule has 0 aliphatic carbocycles. The van der Waals surface area contributed by atoms with Crippen molar-refractivity contribution in [3.05, 3.63) is 11.7 Å². The molecule has 2 N–H and O–H groups in total. The molecule has 1 aromatic rings. The van der Waals surface area contributed by atoms with Gasteiger partial charge in [0.2, 0.25) is 11.8 Å². The number of rotatable bonds is 5. The number of amides is 1. The molecule has 0 radical (unpaired) electrons. The average molecular weight is 303 g/mol. The third-order valence-electron chi connectivity index (χ3n) is 3.23. The number of hydrogen-bond acceptors (Lipinski definition) is 5. The lowest BCUT2D eigenvalue weighted by Crippen LogP contribution is -2.45. The van der Waals surface area contributed by atoms with E-state index in [2.05, 4.69) is 20.8 Å². The number of nitrogens with one attached hydrogen (secondary N) is 2. The summed E-state index contributed by atoms with van der Waals surface area (Å²) in [5, 5.41) is 10.2. The largest absolute Gasteiger partial charge is 0.352 e. The lowest BCUT2D eigenvalue weighted by molar-refractivity contribution is -0.121. The van der Waals surface area contributed by atoms with Crippen molar-refractivity contribution in [3.63, 3.8) is 0 Å². The Balaban J connectivity index is 0.00000200. The smallest absolute Gasteiger partial charge is 0.227 e. The maximum absolute atomic E-state index is 11.8. The summed E-state index contributed by atoms with van der Waals surface area (Å²) in [4.78, 5) is 16.1. The summed E-state index contributed by atoms with van der Waals surface area (Å²) in [5.41, 5.74) is 0. The fourth-order valence-electron chi connectivity index (χ4n) is 2.10. The second-order valence-corrected chi connectivity index (χ2v) is 5.31. The van der Waals surface area contributed by atoms with Crippen LogP contribution in [-0.4, -0.2) is 35.2 Å². The van der Waals surface area contributed by atoms with E-state index < -0.39 is 0 Å². The van der Waals surface area contributed by atoms with Gasteiger partial charge in [0.1, 0.15) is 0 Å². The van der Waals surface area contributed by atoms with E-state index in [1.54, 1.807) is 0 Å². The van der Waals surface area contributed by atoms with Gasteiger partial charge in [0.15, 0.2) is 5.82 Å². The molecular weight excluding hydrogens is 280 g/mol. The van der Waals surface area contributed by atoms with Crippen LogP contribution < -0.4 is 10.6 Å². The van der Waals surface area contributed by atoms with Gasteiger partial charge in [0.05, 0.1) is 0 Å². The van der Waals surface area contributed by atoms with Gasteiger partial charge in [-0.15, -0.1) is 12.4 Å². The van der Waals surface area contributed by atoms with E-state index >= 15 is 0 Å². The Morgan fingerprint density at radius 3 is 2.95 bits per heavy atom. The van der Waals surface area contributed by atoms with Crippen molar-refractivity contribution in [2.75, 3.05) is 13.1 Å². The van der Waals surface area contributed by atoms with Crippen LogP contribution in [0, 0.1) is 0 Å². The van der Waals surface area contributed by atoms with Crippen LogP contribution in [0.3, 0.4) is 0 Å². The number of aromatic nitrogens is 2. The van der Waals surface area contributed by atoms with Crippen molar-refractivity contribution >= 4 is 18.3 Å². The SMILES string of the molecule is CC(C)c1noc(CCC(=O)NC2CCCNC2)n1.Cl. The van der Waals surface area contributed by atoms with Crippen LogP contribution in [0.5, 0.6) is 0 Å². The Labute approximate surface area is 125 Å². The normalized spacial score (nSPS) is 18.6. The molecule has 1 amide bonds. The lowest BCUT2D eigenvalue weighted by Gasteiger charge is -2.23. The minimum Gasteiger partial charge on any atom is -0.352 e. The highest BCUT2D eigenvalue weighted by molar-refractivity contribution is 5.85. The Bertz CT molecular complexity index is 416. The Kier molecular flexibility index (Phi) is 6.95. The minimum atomic E-state index is 0. The number of halogens is 1. The molecule has 2 heterocycles. The zero-order valence-corrected chi connectivity index (χ0v) is 12.8. The fourth-order valence-corrected chi connectivity index (χ4v) is 2.10. The molecule has 0 saturated carbocycles. The van der Waals surface area contributed by atoms with Gasteiger partial charge < -0.3 is 15.2 Å². The molecule has 20 heavy (non-hydrogen) atoms. The predicted molar refractivity (Wildman–Crippen MR) is 78.0 cm³/mol. The highest BCUT2D eigenvalue weighted by Crippen LogP contribution is 2.10. The molecule has 1 fully saturated rings. The predicted octanol–water partition coefficient (Wildman–Crippen LogP) is 1.42. The summed E-state index contributed by atoms with van der Waals surface area (Å²) in [7, 11) is 0. The first-order valence-electron chi connectivity index (χ1n) is 6.97. The summed E-state index contributed by atoms with van der Waals surface area (Å²) >= 11 is 0. The second kappa shape index (κ2) is 8.21. The standard InChI is InChI=1S/C13H22N4O2.ClH/c1-9(2)13-16-12(19-17-13)6-5-11(18)15-10-4-3-7-14-8-10;/h9-10,14H,3-8H2,1-2H3,(H,15,18);1H. The average Bonchev–Trinajstić information content (AvgIpc) is 2.86. The molecule has 1 aliphatic rings. The zero-order chi connectivity index (χ0) is 13.7. The molecule has 114 valence electrons. The number of aryl methyl sites for hydroxylation is 1. The van der Waals surface area contributed by atoms with E-state index in [1.807, 2.05) is 13.8 Å². The van der Waals surface area contributed by atoms with Crippen LogP contribution in [0.1, 0.15) is 50.7 Å². The van der Waals surface area contributed by atoms with Crippen LogP contribution in [-0.2, 0) is 11.2 Å². The highest BCUT2D eigenvalue weighted by atomic mass is 35.5. The topological polar surface area (TPSA) is 80.0 Å². The van der Waals surface area contributed by atoms with Crippen molar-refractivity contribution in [1.29, 1.82) is 0 Å². The summed E-state index contributed by atoms with van der Waals surface area (Å²) in [6, 6.07) is 0.259. The highest BCUT2D eigenvalue weighted by Gasteiger charge is 2.16. The van der Waals surface area contributed by atoms with Crippen LogP contribution >= 0.6 is 12.4 Å². The Hall–Kier alpha value is -1.14. The summed E-state index contributed by atoms with van der Waals surface area (Å²) in [5.74, 6) is 1.55. The van der Waals surface area contributed by atoms with Gasteiger partial charge in [-0.2, -0.15) is 4.98 Å². The summed E-state index contributed by atoms with van der Waals surface area (Å²) in [6.45, 7) is 5.94. The summed E-state index contributed by atoms with van der Waals surface area (Å²) < 4.78 is 5.11. The van der Waals surface area contributed by atoms with Gasteiger partial charge in [0, 0.05) is 31.3 Å². The van der Waals surface area contributed by atoms with Crippen LogP contribution in [0.4, 0.5) is 0 Å².